The molecule has 1 heterocycles. The summed E-state index contributed by atoms with van der Waals surface area (Å²) in [7, 11) is 1.59. The van der Waals surface area contributed by atoms with E-state index in [0.29, 0.717) is 17.3 Å². The molecule has 0 aliphatic carbocycles. The Hall–Kier alpha value is -2.43. The molecule has 26 heavy (non-hydrogen) atoms. The predicted molar refractivity (Wildman–Crippen MR) is 108 cm³/mol. The lowest BCUT2D eigenvalue weighted by Crippen LogP contribution is -2.11. The molecule has 1 aromatic carbocycles. The van der Waals surface area contributed by atoms with Crippen LogP contribution in [0.4, 0.5) is 11.5 Å². The Morgan fingerprint density at radius 2 is 2.23 bits per heavy atom. The maximum absolute atomic E-state index is 10.6. The van der Waals surface area contributed by atoms with E-state index in [4.69, 9.17) is 9.47 Å². The molecule has 0 aliphatic heterocycles. The molecule has 0 bridgehead atoms. The summed E-state index contributed by atoms with van der Waals surface area (Å²) in [4.78, 5) is 14.0. The second kappa shape index (κ2) is 9.32. The van der Waals surface area contributed by atoms with Gasteiger partial charge in [0.2, 0.25) is 0 Å². The van der Waals surface area contributed by atoms with Crippen LogP contribution in [0.5, 0.6) is 11.5 Å². The highest BCUT2D eigenvalue weighted by Crippen LogP contribution is 2.34. The number of pyridine rings is 1. The first kappa shape index (κ1) is 19.9. The van der Waals surface area contributed by atoms with Gasteiger partial charge in [-0.05, 0) is 59.7 Å². The number of hydrazone groups is 1. The van der Waals surface area contributed by atoms with Crippen LogP contribution < -0.4 is 14.9 Å². The second-order valence-electron chi connectivity index (χ2n) is 5.40. The molecule has 0 saturated carbocycles. The third-order valence-corrected chi connectivity index (χ3v) is 4.30. The Kier molecular flexibility index (Phi) is 7.13. The van der Waals surface area contributed by atoms with Crippen molar-refractivity contribution in [2.24, 2.45) is 5.10 Å². The second-order valence-corrected chi connectivity index (χ2v) is 6.56. The van der Waals surface area contributed by atoms with Crippen LogP contribution in [-0.4, -0.2) is 29.3 Å². The van der Waals surface area contributed by atoms with Gasteiger partial charge in [0.15, 0.2) is 11.5 Å². The standard InChI is InChI=1S/C17H19IN4O4/c1-4-11(2)26-17-14(18)7-12(8-15(17)25-3)9-20-21-16-6-5-13(10-19-16)22(23)24/h5-11H,4H2,1-3H3,(H,19,21)/b20-9+/t11-/m0/s1. The quantitative estimate of drug-likeness (QED) is 0.269. The van der Waals surface area contributed by atoms with Gasteiger partial charge in [0.25, 0.3) is 5.69 Å². The van der Waals surface area contributed by atoms with E-state index in [9.17, 15) is 10.1 Å². The first-order valence-electron chi connectivity index (χ1n) is 7.88. The van der Waals surface area contributed by atoms with Gasteiger partial charge in [0, 0.05) is 6.07 Å². The van der Waals surface area contributed by atoms with Crippen molar-refractivity contribution >= 4 is 40.3 Å². The fraction of sp³-hybridized carbons (Fsp3) is 0.294. The molecule has 2 aromatic rings. The molecule has 0 amide bonds. The number of rotatable bonds is 8. The lowest BCUT2D eigenvalue weighted by molar-refractivity contribution is -0.385. The van der Waals surface area contributed by atoms with Gasteiger partial charge in [-0.25, -0.2) is 4.98 Å². The zero-order valence-electron chi connectivity index (χ0n) is 14.6. The topological polar surface area (TPSA) is 98.9 Å². The predicted octanol–water partition coefficient (Wildman–Crippen LogP) is 4.23. The van der Waals surface area contributed by atoms with Crippen LogP contribution in [0.15, 0.2) is 35.6 Å². The minimum Gasteiger partial charge on any atom is -0.493 e. The largest absolute Gasteiger partial charge is 0.493 e. The minimum absolute atomic E-state index is 0.0734. The first-order valence-corrected chi connectivity index (χ1v) is 8.96. The van der Waals surface area contributed by atoms with E-state index in [-0.39, 0.29) is 11.8 Å². The number of methoxy groups -OCH3 is 1. The molecule has 0 saturated heterocycles. The number of hydrogen-bond donors (Lipinski definition) is 1. The van der Waals surface area contributed by atoms with Crippen molar-refractivity contribution in [1.82, 2.24) is 4.98 Å². The zero-order valence-corrected chi connectivity index (χ0v) is 16.8. The minimum atomic E-state index is -0.503. The van der Waals surface area contributed by atoms with Gasteiger partial charge in [-0.1, -0.05) is 6.92 Å². The Labute approximate surface area is 164 Å². The molecule has 0 aliphatic rings. The van der Waals surface area contributed by atoms with Gasteiger partial charge in [-0.2, -0.15) is 5.10 Å². The summed E-state index contributed by atoms with van der Waals surface area (Å²) in [5.74, 6) is 1.75. The molecule has 2 rings (SSSR count). The molecule has 138 valence electrons. The summed E-state index contributed by atoms with van der Waals surface area (Å²) in [6, 6.07) is 6.60. The average Bonchev–Trinajstić information content (AvgIpc) is 2.63. The van der Waals surface area contributed by atoms with Crippen molar-refractivity contribution in [2.45, 2.75) is 26.4 Å². The fourth-order valence-corrected chi connectivity index (χ4v) is 2.70. The monoisotopic (exact) mass is 470 g/mol. The molecule has 1 aromatic heterocycles. The van der Waals surface area contributed by atoms with Crippen molar-refractivity contribution in [2.75, 3.05) is 12.5 Å². The van der Waals surface area contributed by atoms with Gasteiger partial charge in [0.05, 0.1) is 27.9 Å². The number of aromatic nitrogens is 1. The number of halogens is 1. The Morgan fingerprint density at radius 3 is 2.81 bits per heavy atom. The number of nitro groups is 1. The third kappa shape index (κ3) is 5.28. The molecule has 0 unspecified atom stereocenters. The lowest BCUT2D eigenvalue weighted by atomic mass is 10.2. The van der Waals surface area contributed by atoms with E-state index in [1.165, 1.54) is 18.3 Å². The molecule has 8 nitrogen and oxygen atoms in total. The molecular formula is C17H19IN4O4. The van der Waals surface area contributed by atoms with Crippen molar-refractivity contribution in [1.29, 1.82) is 0 Å². The zero-order chi connectivity index (χ0) is 19.1. The normalized spacial score (nSPS) is 12.0. The average molecular weight is 470 g/mol. The maximum Gasteiger partial charge on any atom is 0.287 e. The summed E-state index contributed by atoms with van der Waals surface area (Å²) in [6.45, 7) is 4.06. The fourth-order valence-electron chi connectivity index (χ4n) is 1.95. The summed E-state index contributed by atoms with van der Waals surface area (Å²) in [5, 5.41) is 14.7. The number of ether oxygens (including phenoxy) is 2. The van der Waals surface area contributed by atoms with Crippen molar-refractivity contribution in [3.05, 3.63) is 49.7 Å². The number of benzene rings is 1. The smallest absolute Gasteiger partial charge is 0.287 e. The molecule has 9 heteroatoms. The van der Waals surface area contributed by atoms with E-state index >= 15 is 0 Å². The number of nitrogens with zero attached hydrogens (tertiary/aromatic N) is 3. The Morgan fingerprint density at radius 1 is 1.46 bits per heavy atom. The summed E-state index contributed by atoms with van der Waals surface area (Å²) in [6.07, 6.45) is 3.77. The van der Waals surface area contributed by atoms with Crippen molar-refractivity contribution in [3.8, 4) is 11.5 Å². The van der Waals surface area contributed by atoms with E-state index in [2.05, 4.69) is 45.0 Å². The van der Waals surface area contributed by atoms with Crippen LogP contribution >= 0.6 is 22.6 Å². The number of hydrogen-bond acceptors (Lipinski definition) is 7. The van der Waals surface area contributed by atoms with Crippen molar-refractivity contribution in [3.63, 3.8) is 0 Å². The summed E-state index contributed by atoms with van der Waals surface area (Å²) < 4.78 is 12.3. The third-order valence-electron chi connectivity index (χ3n) is 3.50. The van der Waals surface area contributed by atoms with Gasteiger partial charge >= 0.3 is 0 Å². The van der Waals surface area contributed by atoms with Crippen LogP contribution in [0.25, 0.3) is 0 Å². The van der Waals surface area contributed by atoms with Crippen LogP contribution in [0.2, 0.25) is 0 Å². The highest BCUT2D eigenvalue weighted by Gasteiger charge is 2.13. The number of nitrogens with one attached hydrogen (secondary N) is 1. The highest BCUT2D eigenvalue weighted by molar-refractivity contribution is 14.1. The van der Waals surface area contributed by atoms with Crippen LogP contribution in [0.3, 0.4) is 0 Å². The van der Waals surface area contributed by atoms with Crippen LogP contribution in [0.1, 0.15) is 25.8 Å². The van der Waals surface area contributed by atoms with Gasteiger partial charge in [-0.15, -0.1) is 0 Å². The van der Waals surface area contributed by atoms with Crippen LogP contribution in [-0.2, 0) is 0 Å². The highest BCUT2D eigenvalue weighted by atomic mass is 127. The lowest BCUT2D eigenvalue weighted by Gasteiger charge is -2.17. The van der Waals surface area contributed by atoms with E-state index < -0.39 is 4.92 Å². The van der Waals surface area contributed by atoms with Crippen LogP contribution in [0, 0.1) is 13.7 Å². The van der Waals surface area contributed by atoms with E-state index in [0.717, 1.165) is 15.6 Å². The summed E-state index contributed by atoms with van der Waals surface area (Å²) in [5.41, 5.74) is 3.48. The molecular weight excluding hydrogens is 451 g/mol. The maximum atomic E-state index is 10.6. The molecule has 0 radical (unpaired) electrons. The Bertz CT molecular complexity index is 796. The molecule has 0 fully saturated rings. The molecule has 1 atom stereocenters. The van der Waals surface area contributed by atoms with Gasteiger partial charge in [-0.3, -0.25) is 15.5 Å². The van der Waals surface area contributed by atoms with Gasteiger partial charge in [0.1, 0.15) is 12.0 Å². The first-order chi connectivity index (χ1) is 12.4. The summed E-state index contributed by atoms with van der Waals surface area (Å²) >= 11 is 2.19. The SMILES string of the molecule is CC[C@H](C)Oc1c(I)cc(/C=N/Nc2ccc([N+](=O)[O-])cn2)cc1OC. The van der Waals surface area contributed by atoms with Gasteiger partial charge < -0.3 is 9.47 Å². The van der Waals surface area contributed by atoms with Crippen molar-refractivity contribution < 1.29 is 14.4 Å². The van der Waals surface area contributed by atoms with E-state index in [1.54, 1.807) is 13.3 Å². The molecule has 0 spiro atoms. The Balaban J connectivity index is 2.12. The van der Waals surface area contributed by atoms with E-state index in [1.807, 2.05) is 19.1 Å². The number of anilines is 1. The molecule has 1 N–H and O–H groups in total.